The quantitative estimate of drug-likeness (QED) is 0.895. The first kappa shape index (κ1) is 14.2. The van der Waals surface area contributed by atoms with E-state index in [4.69, 9.17) is 16.3 Å². The van der Waals surface area contributed by atoms with Crippen LogP contribution in [0.3, 0.4) is 0 Å². The van der Waals surface area contributed by atoms with E-state index in [0.717, 1.165) is 27.7 Å². The van der Waals surface area contributed by atoms with Crippen molar-refractivity contribution in [2.24, 2.45) is 0 Å². The molecule has 1 unspecified atom stereocenters. The second-order valence-corrected chi connectivity index (χ2v) is 5.93. The monoisotopic (exact) mass is 296 g/mol. The Morgan fingerprint density at radius 1 is 1.37 bits per heavy atom. The number of benzene rings is 1. The molecule has 1 aromatic carbocycles. The lowest BCUT2D eigenvalue weighted by Gasteiger charge is -2.17. The van der Waals surface area contributed by atoms with Crippen molar-refractivity contribution in [2.45, 2.75) is 26.8 Å². The molecule has 0 saturated carbocycles. The van der Waals surface area contributed by atoms with Gasteiger partial charge in [0.1, 0.15) is 5.75 Å². The fraction of sp³-hybridized carbons (Fsp3) is 0.357. The van der Waals surface area contributed by atoms with Gasteiger partial charge in [-0.1, -0.05) is 11.6 Å². The molecule has 5 heteroatoms. The molecule has 0 saturated heterocycles. The third-order valence-electron chi connectivity index (χ3n) is 2.93. The zero-order valence-corrected chi connectivity index (χ0v) is 13.0. The van der Waals surface area contributed by atoms with Gasteiger partial charge >= 0.3 is 0 Å². The first-order chi connectivity index (χ1) is 9.01. The predicted molar refractivity (Wildman–Crippen MR) is 81.6 cm³/mol. The number of halogens is 1. The summed E-state index contributed by atoms with van der Waals surface area (Å²) in [6, 6.07) is 3.95. The van der Waals surface area contributed by atoms with Gasteiger partial charge in [-0.3, -0.25) is 0 Å². The van der Waals surface area contributed by atoms with Crippen molar-refractivity contribution >= 4 is 28.6 Å². The van der Waals surface area contributed by atoms with Crippen molar-refractivity contribution in [2.75, 3.05) is 12.4 Å². The van der Waals surface area contributed by atoms with E-state index in [1.165, 1.54) is 0 Å². The number of aromatic nitrogens is 1. The van der Waals surface area contributed by atoms with Crippen molar-refractivity contribution in [3.8, 4) is 5.75 Å². The van der Waals surface area contributed by atoms with Crippen molar-refractivity contribution in [1.29, 1.82) is 0 Å². The minimum Gasteiger partial charge on any atom is -0.495 e. The number of nitrogens with zero attached hydrogens (tertiary/aromatic N) is 1. The van der Waals surface area contributed by atoms with Crippen LogP contribution in [0.2, 0.25) is 5.02 Å². The molecule has 0 amide bonds. The normalized spacial score (nSPS) is 12.3. The zero-order valence-electron chi connectivity index (χ0n) is 11.5. The summed E-state index contributed by atoms with van der Waals surface area (Å²) in [7, 11) is 1.64. The van der Waals surface area contributed by atoms with Gasteiger partial charge in [-0.15, -0.1) is 11.3 Å². The van der Waals surface area contributed by atoms with Crippen LogP contribution in [0.1, 0.15) is 29.2 Å². The van der Waals surface area contributed by atoms with Crippen LogP contribution >= 0.6 is 22.9 Å². The molecular weight excluding hydrogens is 280 g/mol. The van der Waals surface area contributed by atoms with E-state index in [1.807, 2.05) is 26.0 Å². The molecule has 3 nitrogen and oxygen atoms in total. The summed E-state index contributed by atoms with van der Waals surface area (Å²) in [6.07, 6.45) is 0. The third-order valence-corrected chi connectivity index (χ3v) is 4.13. The highest BCUT2D eigenvalue weighted by Crippen LogP contribution is 2.33. The Morgan fingerprint density at radius 2 is 2.11 bits per heavy atom. The Morgan fingerprint density at radius 3 is 2.68 bits per heavy atom. The van der Waals surface area contributed by atoms with Gasteiger partial charge in [0.05, 0.1) is 29.5 Å². The summed E-state index contributed by atoms with van der Waals surface area (Å²) in [5, 5.41) is 7.27. The third kappa shape index (κ3) is 3.19. The number of nitrogens with one attached hydrogen (secondary N) is 1. The summed E-state index contributed by atoms with van der Waals surface area (Å²) >= 11 is 7.76. The fourth-order valence-electron chi connectivity index (χ4n) is 1.83. The molecule has 0 spiro atoms. The van der Waals surface area contributed by atoms with Gasteiger partial charge in [0.15, 0.2) is 0 Å². The van der Waals surface area contributed by atoms with Crippen molar-refractivity contribution in [3.63, 3.8) is 0 Å². The molecule has 2 aromatic rings. The molecule has 0 fully saturated rings. The van der Waals surface area contributed by atoms with Crippen LogP contribution in [0.5, 0.6) is 5.75 Å². The second kappa shape index (κ2) is 5.80. The van der Waals surface area contributed by atoms with Gasteiger partial charge in [0, 0.05) is 16.5 Å². The van der Waals surface area contributed by atoms with Crippen LogP contribution in [0.4, 0.5) is 5.69 Å². The lowest BCUT2D eigenvalue weighted by molar-refractivity contribution is 0.416. The van der Waals surface area contributed by atoms with Crippen molar-refractivity contribution in [3.05, 3.63) is 38.8 Å². The number of thiazole rings is 1. The average Bonchev–Trinajstić information content (AvgIpc) is 2.80. The van der Waals surface area contributed by atoms with Crippen LogP contribution < -0.4 is 10.1 Å². The molecule has 0 aliphatic rings. The number of hydrogen-bond donors (Lipinski definition) is 1. The molecule has 2 rings (SSSR count). The maximum absolute atomic E-state index is 6.10. The number of aryl methyl sites for hydroxylation is 2. The van der Waals surface area contributed by atoms with E-state index in [9.17, 15) is 0 Å². The Bertz CT molecular complexity index is 583. The smallest absolute Gasteiger partial charge is 0.143 e. The number of methoxy groups -OCH3 is 1. The maximum atomic E-state index is 6.10. The highest BCUT2D eigenvalue weighted by Gasteiger charge is 2.13. The van der Waals surface area contributed by atoms with Crippen LogP contribution in [0, 0.1) is 13.8 Å². The summed E-state index contributed by atoms with van der Waals surface area (Å²) in [4.78, 5) is 4.49. The summed E-state index contributed by atoms with van der Waals surface area (Å²) in [6.45, 7) is 6.07. The zero-order chi connectivity index (χ0) is 14.0. The second-order valence-electron chi connectivity index (χ2n) is 4.46. The summed E-state index contributed by atoms with van der Waals surface area (Å²) in [5.41, 5.74) is 2.99. The standard InChI is InChI=1S/C14H17ClN2OS/c1-8-5-12(14(18-4)6-11(8)15)16-9(2)13-7-19-10(3)17-13/h5-7,9,16H,1-4H3. The van der Waals surface area contributed by atoms with Crippen LogP contribution in [-0.4, -0.2) is 12.1 Å². The Balaban J connectivity index is 2.25. The summed E-state index contributed by atoms with van der Waals surface area (Å²) < 4.78 is 5.36. The molecule has 0 radical (unpaired) electrons. The predicted octanol–water partition coefficient (Wildman–Crippen LogP) is 4.60. The minimum atomic E-state index is 0.124. The SMILES string of the molecule is COc1cc(Cl)c(C)cc1NC(C)c1csc(C)n1. The van der Waals surface area contributed by atoms with Crippen molar-refractivity contribution in [1.82, 2.24) is 4.98 Å². The first-order valence-electron chi connectivity index (χ1n) is 6.04. The van der Waals surface area contributed by atoms with Crippen LogP contribution in [0.15, 0.2) is 17.5 Å². The molecule has 1 heterocycles. The molecule has 0 bridgehead atoms. The number of hydrogen-bond acceptors (Lipinski definition) is 4. The van der Waals surface area contributed by atoms with Gasteiger partial charge in [-0.05, 0) is 32.4 Å². The van der Waals surface area contributed by atoms with Gasteiger partial charge in [-0.25, -0.2) is 4.98 Å². The minimum absolute atomic E-state index is 0.124. The number of rotatable bonds is 4. The maximum Gasteiger partial charge on any atom is 0.143 e. The molecule has 102 valence electrons. The molecule has 1 aromatic heterocycles. The lowest BCUT2D eigenvalue weighted by Crippen LogP contribution is -2.08. The average molecular weight is 297 g/mol. The van der Waals surface area contributed by atoms with Crippen molar-refractivity contribution < 1.29 is 4.74 Å². The van der Waals surface area contributed by atoms with E-state index >= 15 is 0 Å². The molecule has 1 atom stereocenters. The van der Waals surface area contributed by atoms with E-state index in [-0.39, 0.29) is 6.04 Å². The summed E-state index contributed by atoms with van der Waals surface area (Å²) in [5.74, 6) is 0.745. The Kier molecular flexibility index (Phi) is 4.32. The highest BCUT2D eigenvalue weighted by molar-refractivity contribution is 7.09. The van der Waals surface area contributed by atoms with Gasteiger partial charge < -0.3 is 10.1 Å². The van der Waals surface area contributed by atoms with Crippen LogP contribution in [0.25, 0.3) is 0 Å². The molecule has 19 heavy (non-hydrogen) atoms. The molecule has 0 aliphatic carbocycles. The molecule has 0 aliphatic heterocycles. The first-order valence-corrected chi connectivity index (χ1v) is 7.29. The van der Waals surface area contributed by atoms with Gasteiger partial charge in [-0.2, -0.15) is 0 Å². The van der Waals surface area contributed by atoms with E-state index in [0.29, 0.717) is 5.02 Å². The van der Waals surface area contributed by atoms with E-state index in [1.54, 1.807) is 18.4 Å². The largest absolute Gasteiger partial charge is 0.495 e. The van der Waals surface area contributed by atoms with Gasteiger partial charge in [0.25, 0.3) is 0 Å². The Hall–Kier alpha value is -1.26. The fourth-order valence-corrected chi connectivity index (χ4v) is 2.69. The van der Waals surface area contributed by atoms with E-state index in [2.05, 4.69) is 22.6 Å². The van der Waals surface area contributed by atoms with E-state index < -0.39 is 0 Å². The lowest BCUT2D eigenvalue weighted by atomic mass is 10.1. The van der Waals surface area contributed by atoms with Gasteiger partial charge in [0.2, 0.25) is 0 Å². The Labute approximate surface area is 122 Å². The number of ether oxygens (including phenoxy) is 1. The molecule has 1 N–H and O–H groups in total. The molecular formula is C14H17ClN2OS. The number of anilines is 1. The topological polar surface area (TPSA) is 34.1 Å². The highest BCUT2D eigenvalue weighted by atomic mass is 35.5. The van der Waals surface area contributed by atoms with Crippen LogP contribution in [-0.2, 0) is 0 Å².